The largest absolute Gasteiger partial charge is 0.393 e. The van der Waals surface area contributed by atoms with Crippen molar-refractivity contribution in [3.05, 3.63) is 0 Å². The Labute approximate surface area is 92.4 Å². The highest BCUT2D eigenvalue weighted by Crippen LogP contribution is 2.28. The van der Waals surface area contributed by atoms with Gasteiger partial charge in [0.2, 0.25) is 0 Å². The molecule has 88 valence electrons. The number of rotatable bonds is 3. The topological polar surface area (TPSA) is 32.7 Å². The average molecular weight is 213 g/mol. The van der Waals surface area contributed by atoms with E-state index in [4.69, 9.17) is 4.74 Å². The molecule has 1 saturated heterocycles. The first-order valence-corrected chi connectivity index (χ1v) is 6.20. The summed E-state index contributed by atoms with van der Waals surface area (Å²) < 4.78 is 5.20. The molecule has 15 heavy (non-hydrogen) atoms. The Morgan fingerprint density at radius 3 is 2.47 bits per heavy atom. The number of aliphatic hydroxyl groups is 1. The Bertz CT molecular complexity index is 190. The van der Waals surface area contributed by atoms with Gasteiger partial charge in [-0.15, -0.1) is 0 Å². The third-order valence-corrected chi connectivity index (χ3v) is 3.95. The molecule has 2 aliphatic rings. The van der Waals surface area contributed by atoms with E-state index in [1.807, 2.05) is 0 Å². The lowest BCUT2D eigenvalue weighted by Gasteiger charge is -2.35. The zero-order valence-corrected chi connectivity index (χ0v) is 9.69. The second kappa shape index (κ2) is 5.28. The SMILES string of the molecule is COCC1CCN(C2CCC(O)C2)CC1. The highest BCUT2D eigenvalue weighted by molar-refractivity contribution is 4.85. The molecular weight excluding hydrogens is 190 g/mol. The normalized spacial score (nSPS) is 34.8. The first-order chi connectivity index (χ1) is 7.29. The van der Waals surface area contributed by atoms with E-state index < -0.39 is 0 Å². The summed E-state index contributed by atoms with van der Waals surface area (Å²) in [7, 11) is 1.79. The second-order valence-electron chi connectivity index (χ2n) is 5.06. The molecule has 1 heterocycles. The summed E-state index contributed by atoms with van der Waals surface area (Å²) in [4.78, 5) is 2.57. The molecule has 0 amide bonds. The maximum absolute atomic E-state index is 9.52. The van der Waals surface area contributed by atoms with E-state index in [9.17, 15) is 5.11 Å². The Balaban J connectivity index is 1.73. The Morgan fingerprint density at radius 1 is 1.20 bits per heavy atom. The Hall–Kier alpha value is -0.120. The van der Waals surface area contributed by atoms with Crippen molar-refractivity contribution in [1.82, 2.24) is 4.90 Å². The van der Waals surface area contributed by atoms with Gasteiger partial charge in [0.05, 0.1) is 6.10 Å². The molecule has 1 aliphatic carbocycles. The number of aliphatic hydroxyl groups excluding tert-OH is 1. The molecule has 2 fully saturated rings. The molecule has 1 saturated carbocycles. The molecule has 0 aromatic heterocycles. The van der Waals surface area contributed by atoms with Crippen molar-refractivity contribution in [2.45, 2.75) is 44.2 Å². The fourth-order valence-electron chi connectivity index (χ4n) is 2.99. The summed E-state index contributed by atoms with van der Waals surface area (Å²) >= 11 is 0. The van der Waals surface area contributed by atoms with Gasteiger partial charge in [-0.3, -0.25) is 0 Å². The third-order valence-electron chi connectivity index (χ3n) is 3.95. The summed E-state index contributed by atoms with van der Waals surface area (Å²) in [6.45, 7) is 3.32. The Morgan fingerprint density at radius 2 is 1.93 bits per heavy atom. The smallest absolute Gasteiger partial charge is 0.0555 e. The zero-order chi connectivity index (χ0) is 10.7. The molecule has 0 bridgehead atoms. The van der Waals surface area contributed by atoms with E-state index in [0.717, 1.165) is 25.4 Å². The van der Waals surface area contributed by atoms with Crippen LogP contribution in [0.2, 0.25) is 0 Å². The number of hydrogen-bond donors (Lipinski definition) is 1. The van der Waals surface area contributed by atoms with Crippen molar-refractivity contribution in [2.24, 2.45) is 5.92 Å². The number of ether oxygens (including phenoxy) is 1. The minimum atomic E-state index is -0.0355. The first-order valence-electron chi connectivity index (χ1n) is 6.20. The van der Waals surface area contributed by atoms with E-state index in [0.29, 0.717) is 6.04 Å². The summed E-state index contributed by atoms with van der Waals surface area (Å²) in [5.74, 6) is 0.762. The van der Waals surface area contributed by atoms with Crippen LogP contribution in [0.15, 0.2) is 0 Å². The van der Waals surface area contributed by atoms with Crippen molar-refractivity contribution in [2.75, 3.05) is 26.8 Å². The maximum Gasteiger partial charge on any atom is 0.0555 e. The van der Waals surface area contributed by atoms with Crippen LogP contribution in [-0.4, -0.2) is 49.0 Å². The fraction of sp³-hybridized carbons (Fsp3) is 1.00. The van der Waals surface area contributed by atoms with Gasteiger partial charge in [0.25, 0.3) is 0 Å². The predicted molar refractivity (Wildman–Crippen MR) is 59.8 cm³/mol. The maximum atomic E-state index is 9.52. The van der Waals surface area contributed by atoms with E-state index in [1.165, 1.54) is 32.4 Å². The van der Waals surface area contributed by atoms with Gasteiger partial charge in [-0.25, -0.2) is 0 Å². The van der Waals surface area contributed by atoms with Gasteiger partial charge in [-0.2, -0.15) is 0 Å². The monoisotopic (exact) mass is 213 g/mol. The lowest BCUT2D eigenvalue weighted by Crippen LogP contribution is -2.41. The van der Waals surface area contributed by atoms with Gasteiger partial charge in [-0.1, -0.05) is 0 Å². The number of likely N-dealkylation sites (tertiary alicyclic amines) is 1. The lowest BCUT2D eigenvalue weighted by atomic mass is 9.96. The van der Waals surface area contributed by atoms with Gasteiger partial charge >= 0.3 is 0 Å². The van der Waals surface area contributed by atoms with Gasteiger partial charge < -0.3 is 14.7 Å². The third kappa shape index (κ3) is 2.92. The Kier molecular flexibility index (Phi) is 4.00. The average Bonchev–Trinajstić information content (AvgIpc) is 2.67. The molecule has 0 radical (unpaired) electrons. The molecule has 3 heteroatoms. The highest BCUT2D eigenvalue weighted by Gasteiger charge is 2.30. The molecule has 0 spiro atoms. The van der Waals surface area contributed by atoms with Crippen molar-refractivity contribution >= 4 is 0 Å². The van der Waals surface area contributed by atoms with Crippen LogP contribution in [0, 0.1) is 5.92 Å². The number of hydrogen-bond acceptors (Lipinski definition) is 3. The summed E-state index contributed by atoms with van der Waals surface area (Å²) in [5, 5.41) is 9.52. The van der Waals surface area contributed by atoms with Gasteiger partial charge in [0.15, 0.2) is 0 Å². The van der Waals surface area contributed by atoms with Crippen LogP contribution in [0.5, 0.6) is 0 Å². The van der Waals surface area contributed by atoms with Crippen molar-refractivity contribution < 1.29 is 9.84 Å². The number of piperidine rings is 1. The molecule has 0 aromatic rings. The van der Waals surface area contributed by atoms with Crippen LogP contribution in [0.25, 0.3) is 0 Å². The number of methoxy groups -OCH3 is 1. The van der Waals surface area contributed by atoms with Gasteiger partial charge in [-0.05, 0) is 51.1 Å². The van der Waals surface area contributed by atoms with E-state index in [1.54, 1.807) is 7.11 Å². The van der Waals surface area contributed by atoms with Crippen LogP contribution in [0.4, 0.5) is 0 Å². The van der Waals surface area contributed by atoms with Crippen molar-refractivity contribution in [3.63, 3.8) is 0 Å². The minimum absolute atomic E-state index is 0.0355. The summed E-state index contributed by atoms with van der Waals surface area (Å²) in [6.07, 6.45) is 5.68. The molecule has 2 unspecified atom stereocenters. The molecular formula is C12H23NO2. The summed E-state index contributed by atoms with van der Waals surface area (Å²) in [6, 6.07) is 0.656. The van der Waals surface area contributed by atoms with E-state index in [-0.39, 0.29) is 6.10 Å². The molecule has 1 aliphatic heterocycles. The molecule has 0 aromatic carbocycles. The quantitative estimate of drug-likeness (QED) is 0.766. The standard InChI is InChI=1S/C12H23NO2/c1-15-9-10-4-6-13(7-5-10)11-2-3-12(14)8-11/h10-12,14H,2-9H2,1H3. The second-order valence-corrected chi connectivity index (χ2v) is 5.06. The van der Waals surface area contributed by atoms with Gasteiger partial charge in [0, 0.05) is 19.8 Å². The van der Waals surface area contributed by atoms with Crippen LogP contribution in [-0.2, 0) is 4.74 Å². The molecule has 3 nitrogen and oxygen atoms in total. The van der Waals surface area contributed by atoms with Crippen LogP contribution < -0.4 is 0 Å². The van der Waals surface area contributed by atoms with Crippen molar-refractivity contribution in [1.29, 1.82) is 0 Å². The van der Waals surface area contributed by atoms with Gasteiger partial charge in [0.1, 0.15) is 0 Å². The number of nitrogens with zero attached hydrogens (tertiary/aromatic N) is 1. The lowest BCUT2D eigenvalue weighted by molar-refractivity contribution is 0.0758. The van der Waals surface area contributed by atoms with Crippen molar-refractivity contribution in [3.8, 4) is 0 Å². The van der Waals surface area contributed by atoms with Crippen LogP contribution in [0.3, 0.4) is 0 Å². The first kappa shape index (κ1) is 11.4. The molecule has 1 N–H and O–H groups in total. The predicted octanol–water partition coefficient (Wildman–Crippen LogP) is 1.26. The summed E-state index contributed by atoms with van der Waals surface area (Å²) in [5.41, 5.74) is 0. The zero-order valence-electron chi connectivity index (χ0n) is 9.69. The van der Waals surface area contributed by atoms with E-state index in [2.05, 4.69) is 4.90 Å². The van der Waals surface area contributed by atoms with Crippen LogP contribution >= 0.6 is 0 Å². The fourth-order valence-corrected chi connectivity index (χ4v) is 2.99. The highest BCUT2D eigenvalue weighted by atomic mass is 16.5. The molecule has 2 atom stereocenters. The van der Waals surface area contributed by atoms with E-state index >= 15 is 0 Å². The minimum Gasteiger partial charge on any atom is -0.393 e. The molecule has 2 rings (SSSR count). The van der Waals surface area contributed by atoms with Crippen LogP contribution in [0.1, 0.15) is 32.1 Å².